The molecule has 0 heterocycles. The zero-order valence-corrected chi connectivity index (χ0v) is 11.5. The van der Waals surface area contributed by atoms with Crippen molar-refractivity contribution in [3.8, 4) is 0 Å². The Bertz CT molecular complexity index is 369. The summed E-state index contributed by atoms with van der Waals surface area (Å²) in [5.74, 6) is 1.56. The van der Waals surface area contributed by atoms with E-state index in [2.05, 4.69) is 19.2 Å². The summed E-state index contributed by atoms with van der Waals surface area (Å²) in [6.07, 6.45) is 5.40. The van der Waals surface area contributed by atoms with Crippen LogP contribution in [-0.2, 0) is 0 Å². The molecule has 0 amide bonds. The molecule has 100 valence electrons. The van der Waals surface area contributed by atoms with E-state index in [0.29, 0.717) is 0 Å². The smallest absolute Gasteiger partial charge is 0.123 e. The van der Waals surface area contributed by atoms with Crippen LogP contribution < -0.4 is 5.32 Å². The fourth-order valence-electron chi connectivity index (χ4n) is 2.77. The number of benzene rings is 1. The van der Waals surface area contributed by atoms with Gasteiger partial charge in [-0.15, -0.1) is 0 Å². The summed E-state index contributed by atoms with van der Waals surface area (Å²) in [6, 6.07) is 7.13. The number of hydrogen-bond donors (Lipinski definition) is 1. The molecule has 0 spiro atoms. The van der Waals surface area contributed by atoms with Gasteiger partial charge in [0.1, 0.15) is 5.82 Å². The average Bonchev–Trinajstić information content (AvgIpc) is 2.38. The topological polar surface area (TPSA) is 12.0 Å². The Labute approximate surface area is 110 Å². The van der Waals surface area contributed by atoms with Gasteiger partial charge in [0, 0.05) is 6.04 Å². The highest BCUT2D eigenvalue weighted by Gasteiger charge is 2.18. The van der Waals surface area contributed by atoms with E-state index in [9.17, 15) is 4.39 Å². The first-order valence-electron chi connectivity index (χ1n) is 7.14. The van der Waals surface area contributed by atoms with E-state index >= 15 is 0 Å². The third kappa shape index (κ3) is 3.81. The molecule has 1 aliphatic carbocycles. The van der Waals surface area contributed by atoms with E-state index in [1.54, 1.807) is 12.1 Å². The highest BCUT2D eigenvalue weighted by atomic mass is 19.1. The molecule has 1 N–H and O–H groups in total. The Hall–Kier alpha value is -0.890. The normalized spacial score (nSPS) is 25.9. The van der Waals surface area contributed by atoms with E-state index in [1.165, 1.54) is 31.7 Å². The van der Waals surface area contributed by atoms with Gasteiger partial charge in [0.25, 0.3) is 0 Å². The second kappa shape index (κ2) is 6.33. The van der Waals surface area contributed by atoms with Crippen LogP contribution in [0, 0.1) is 17.7 Å². The first-order valence-corrected chi connectivity index (χ1v) is 7.14. The molecular weight excluding hydrogens is 225 g/mol. The van der Waals surface area contributed by atoms with Gasteiger partial charge in [0.05, 0.1) is 0 Å². The maximum Gasteiger partial charge on any atom is 0.123 e. The number of nitrogens with one attached hydrogen (secondary N) is 1. The summed E-state index contributed by atoms with van der Waals surface area (Å²) in [7, 11) is 0. The summed E-state index contributed by atoms with van der Waals surface area (Å²) in [5, 5.41) is 3.54. The maximum absolute atomic E-state index is 13.1. The second-order valence-corrected chi connectivity index (χ2v) is 5.81. The van der Waals surface area contributed by atoms with Gasteiger partial charge < -0.3 is 5.32 Å². The fourth-order valence-corrected chi connectivity index (χ4v) is 2.77. The van der Waals surface area contributed by atoms with Gasteiger partial charge in [0.2, 0.25) is 0 Å². The molecule has 1 aliphatic rings. The molecule has 1 saturated carbocycles. The molecular formula is C16H24FN. The third-order valence-corrected chi connectivity index (χ3v) is 4.20. The second-order valence-electron chi connectivity index (χ2n) is 5.81. The molecule has 0 bridgehead atoms. The van der Waals surface area contributed by atoms with Crippen LogP contribution in [-0.4, -0.2) is 6.54 Å². The summed E-state index contributed by atoms with van der Waals surface area (Å²) < 4.78 is 13.1. The molecule has 0 aliphatic heterocycles. The van der Waals surface area contributed by atoms with Crippen LogP contribution >= 0.6 is 0 Å². The van der Waals surface area contributed by atoms with Gasteiger partial charge in [-0.05, 0) is 55.8 Å². The van der Waals surface area contributed by atoms with Crippen molar-refractivity contribution in [1.29, 1.82) is 0 Å². The van der Waals surface area contributed by atoms with E-state index in [0.717, 1.165) is 23.9 Å². The third-order valence-electron chi connectivity index (χ3n) is 4.20. The minimum Gasteiger partial charge on any atom is -0.310 e. The molecule has 1 aromatic rings. The minimum atomic E-state index is -0.146. The van der Waals surface area contributed by atoms with Gasteiger partial charge in [-0.25, -0.2) is 4.39 Å². The van der Waals surface area contributed by atoms with Gasteiger partial charge in [-0.3, -0.25) is 0 Å². The summed E-state index contributed by atoms with van der Waals surface area (Å²) in [5.41, 5.74) is 1.04. The van der Waals surface area contributed by atoms with Gasteiger partial charge in [-0.2, -0.15) is 0 Å². The van der Waals surface area contributed by atoms with Gasteiger partial charge in [-0.1, -0.05) is 31.9 Å². The van der Waals surface area contributed by atoms with Crippen LogP contribution in [0.4, 0.5) is 4.39 Å². The molecule has 0 radical (unpaired) electrons. The summed E-state index contributed by atoms with van der Waals surface area (Å²) in [4.78, 5) is 0. The summed E-state index contributed by atoms with van der Waals surface area (Å²) >= 11 is 0. The Morgan fingerprint density at radius 2 is 2.00 bits per heavy atom. The first kappa shape index (κ1) is 13.5. The maximum atomic E-state index is 13.1. The SMILES string of the molecule is CC1CCC(CN[C@@H](C)c2cccc(F)c2)CC1. The van der Waals surface area contributed by atoms with Crippen LogP contribution in [0.25, 0.3) is 0 Å². The monoisotopic (exact) mass is 249 g/mol. The Morgan fingerprint density at radius 3 is 2.67 bits per heavy atom. The van der Waals surface area contributed by atoms with Gasteiger partial charge in [0.15, 0.2) is 0 Å². The van der Waals surface area contributed by atoms with Crippen LogP contribution in [0.5, 0.6) is 0 Å². The van der Waals surface area contributed by atoms with Crippen LogP contribution in [0.3, 0.4) is 0 Å². The minimum absolute atomic E-state index is 0.146. The van der Waals surface area contributed by atoms with Crippen molar-refractivity contribution in [3.63, 3.8) is 0 Å². The van der Waals surface area contributed by atoms with Gasteiger partial charge >= 0.3 is 0 Å². The lowest BCUT2D eigenvalue weighted by Gasteiger charge is -2.27. The molecule has 1 atom stereocenters. The van der Waals surface area contributed by atoms with Crippen molar-refractivity contribution >= 4 is 0 Å². The van der Waals surface area contributed by atoms with Crippen LogP contribution in [0.15, 0.2) is 24.3 Å². The lowest BCUT2D eigenvalue weighted by atomic mass is 9.83. The molecule has 2 rings (SSSR count). The molecule has 1 fully saturated rings. The first-order chi connectivity index (χ1) is 8.65. The lowest BCUT2D eigenvalue weighted by Crippen LogP contribution is -2.28. The van der Waals surface area contributed by atoms with Crippen molar-refractivity contribution in [2.45, 2.75) is 45.6 Å². The molecule has 18 heavy (non-hydrogen) atoms. The molecule has 1 nitrogen and oxygen atoms in total. The molecule has 1 aromatic carbocycles. The van der Waals surface area contributed by atoms with Crippen LogP contribution in [0.2, 0.25) is 0 Å². The van der Waals surface area contributed by atoms with E-state index < -0.39 is 0 Å². The van der Waals surface area contributed by atoms with Crippen molar-refractivity contribution in [2.24, 2.45) is 11.8 Å². The lowest BCUT2D eigenvalue weighted by molar-refractivity contribution is 0.276. The molecule has 0 saturated heterocycles. The van der Waals surface area contributed by atoms with Crippen molar-refractivity contribution in [3.05, 3.63) is 35.6 Å². The van der Waals surface area contributed by atoms with Crippen molar-refractivity contribution in [2.75, 3.05) is 6.54 Å². The van der Waals surface area contributed by atoms with Crippen molar-refractivity contribution in [1.82, 2.24) is 5.32 Å². The molecule has 0 aromatic heterocycles. The standard InChI is InChI=1S/C16H24FN/c1-12-6-8-14(9-7-12)11-18-13(2)15-4-3-5-16(17)10-15/h3-5,10,12-14,18H,6-9,11H2,1-2H3/t12?,13-,14?/m0/s1. The summed E-state index contributed by atoms with van der Waals surface area (Å²) in [6.45, 7) is 5.52. The zero-order chi connectivity index (χ0) is 13.0. The largest absolute Gasteiger partial charge is 0.310 e. The molecule has 0 unspecified atom stereocenters. The predicted molar refractivity (Wildman–Crippen MR) is 73.9 cm³/mol. The number of halogens is 1. The fraction of sp³-hybridized carbons (Fsp3) is 0.625. The predicted octanol–water partition coefficient (Wildman–Crippen LogP) is 4.30. The van der Waals surface area contributed by atoms with Crippen LogP contribution in [0.1, 0.15) is 51.1 Å². The Kier molecular flexibility index (Phi) is 4.76. The highest BCUT2D eigenvalue weighted by molar-refractivity contribution is 5.19. The average molecular weight is 249 g/mol. The highest BCUT2D eigenvalue weighted by Crippen LogP contribution is 2.28. The number of hydrogen-bond acceptors (Lipinski definition) is 1. The van der Waals surface area contributed by atoms with E-state index in [1.807, 2.05) is 6.07 Å². The van der Waals surface area contributed by atoms with E-state index in [4.69, 9.17) is 0 Å². The zero-order valence-electron chi connectivity index (χ0n) is 11.5. The van der Waals surface area contributed by atoms with E-state index in [-0.39, 0.29) is 11.9 Å². The Morgan fingerprint density at radius 1 is 1.28 bits per heavy atom. The Balaban J connectivity index is 1.79. The van der Waals surface area contributed by atoms with Crippen molar-refractivity contribution < 1.29 is 4.39 Å². The molecule has 2 heteroatoms. The number of rotatable bonds is 4. The quantitative estimate of drug-likeness (QED) is 0.838.